The van der Waals surface area contributed by atoms with E-state index in [4.69, 9.17) is 0 Å². The average Bonchev–Trinajstić information content (AvgIpc) is 3.10. The minimum Gasteiger partial charge on any atom is -0.207 e. The van der Waals surface area contributed by atoms with E-state index in [1.165, 1.54) is 57.4 Å². The Balaban J connectivity index is 1.63. The van der Waals surface area contributed by atoms with E-state index in [0.29, 0.717) is 0 Å². The molecule has 0 nitrogen and oxygen atoms in total. The van der Waals surface area contributed by atoms with Crippen molar-refractivity contribution in [2.24, 2.45) is 0 Å². The van der Waals surface area contributed by atoms with Crippen LogP contribution in [0.15, 0.2) is 132 Å². The third-order valence-corrected chi connectivity index (χ3v) is 6.12. The van der Waals surface area contributed by atoms with Crippen LogP contribution in [0, 0.1) is 17.7 Å². The molecule has 2 aromatic carbocycles. The van der Waals surface area contributed by atoms with Gasteiger partial charge in [0.25, 0.3) is 0 Å². The lowest BCUT2D eigenvalue weighted by Crippen LogP contribution is -2.12. The van der Waals surface area contributed by atoms with Crippen molar-refractivity contribution >= 4 is 11.1 Å². The second-order valence-corrected chi connectivity index (χ2v) is 7.91. The fourth-order valence-electron chi connectivity index (χ4n) is 4.68. The van der Waals surface area contributed by atoms with E-state index in [2.05, 4.69) is 91.1 Å². The van der Waals surface area contributed by atoms with Crippen LogP contribution in [0.1, 0.15) is 16.7 Å². The molecular weight excluding hydrogens is 379 g/mol. The van der Waals surface area contributed by atoms with Crippen LogP contribution in [0.25, 0.3) is 11.1 Å². The van der Waals surface area contributed by atoms with Gasteiger partial charge in [-0.25, -0.2) is 4.39 Å². The van der Waals surface area contributed by atoms with Crippen LogP contribution >= 0.6 is 0 Å². The van der Waals surface area contributed by atoms with E-state index >= 15 is 0 Å². The van der Waals surface area contributed by atoms with Crippen LogP contribution in [0.5, 0.6) is 0 Å². The van der Waals surface area contributed by atoms with Crippen LogP contribution < -0.4 is 0 Å². The normalized spacial score (nSPS) is 18.3. The van der Waals surface area contributed by atoms with Crippen molar-refractivity contribution in [1.82, 2.24) is 0 Å². The maximum absolute atomic E-state index is 13.6. The second kappa shape index (κ2) is 7.07. The Labute approximate surface area is 182 Å². The molecule has 0 amide bonds. The fourth-order valence-corrected chi connectivity index (χ4v) is 4.68. The molecule has 0 fully saturated rings. The third kappa shape index (κ3) is 2.90. The predicted molar refractivity (Wildman–Crippen MR) is 126 cm³/mol. The first kappa shape index (κ1) is 17.9. The lowest BCUT2D eigenvalue weighted by atomic mass is 9.75. The summed E-state index contributed by atoms with van der Waals surface area (Å²) in [6, 6.07) is 15.3. The molecule has 0 atom stereocenters. The Hall–Kier alpha value is -3.97. The molecule has 0 aliphatic heterocycles. The van der Waals surface area contributed by atoms with Crippen LogP contribution in [-0.4, -0.2) is 0 Å². The van der Waals surface area contributed by atoms with Gasteiger partial charge in [-0.15, -0.1) is 0 Å². The molecule has 0 aromatic heterocycles. The van der Waals surface area contributed by atoms with Gasteiger partial charge in [0, 0.05) is 53.2 Å². The van der Waals surface area contributed by atoms with Gasteiger partial charge in [-0.2, -0.15) is 0 Å². The Morgan fingerprint density at radius 1 is 0.645 bits per heavy atom. The van der Waals surface area contributed by atoms with E-state index in [9.17, 15) is 4.39 Å². The van der Waals surface area contributed by atoms with Crippen LogP contribution in [0.4, 0.5) is 4.39 Å². The molecule has 0 bridgehead atoms. The summed E-state index contributed by atoms with van der Waals surface area (Å²) < 4.78 is 13.6. The van der Waals surface area contributed by atoms with Crippen LogP contribution in [0.3, 0.4) is 0 Å². The van der Waals surface area contributed by atoms with E-state index in [1.54, 1.807) is 0 Å². The molecule has 0 saturated carbocycles. The zero-order valence-corrected chi connectivity index (χ0v) is 16.8. The first-order valence-corrected chi connectivity index (χ1v) is 10.5. The van der Waals surface area contributed by atoms with Gasteiger partial charge in [0.15, 0.2) is 5.57 Å². The number of allylic oxidation sites excluding steroid dienone is 15. The third-order valence-electron chi connectivity index (χ3n) is 6.12. The summed E-state index contributed by atoms with van der Waals surface area (Å²) in [5.41, 5.74) is 9.42. The van der Waals surface area contributed by atoms with Gasteiger partial charge < -0.3 is 0 Å². The highest BCUT2D eigenvalue weighted by Gasteiger charge is 2.43. The summed E-state index contributed by atoms with van der Waals surface area (Å²) in [5, 5.41) is 0. The smallest absolute Gasteiger partial charge is 0.162 e. The molecule has 4 aliphatic carbocycles. The standard InChI is InChI=1S/C30H19F/c31-23-17-15-22(16-18-23)28-19-29(27-12-6-5-11-26(27)28)30-24-9-3-1-7-20(24)13-14-21-8-2-4-10-25(21)30/h1-19H/q+2. The zero-order chi connectivity index (χ0) is 20.8. The Morgan fingerprint density at radius 3 is 1.90 bits per heavy atom. The molecule has 4 aliphatic rings. The summed E-state index contributed by atoms with van der Waals surface area (Å²) >= 11 is 0. The van der Waals surface area contributed by atoms with Crippen molar-refractivity contribution in [3.63, 3.8) is 0 Å². The molecule has 144 valence electrons. The van der Waals surface area contributed by atoms with Crippen molar-refractivity contribution < 1.29 is 4.39 Å². The van der Waals surface area contributed by atoms with Crippen molar-refractivity contribution in [2.75, 3.05) is 0 Å². The number of hydrogen-bond acceptors (Lipinski definition) is 0. The summed E-state index contributed by atoms with van der Waals surface area (Å²) in [6.45, 7) is 0. The van der Waals surface area contributed by atoms with Crippen molar-refractivity contribution in [3.8, 4) is 0 Å². The highest BCUT2D eigenvalue weighted by atomic mass is 19.1. The van der Waals surface area contributed by atoms with Crippen molar-refractivity contribution in [1.29, 1.82) is 0 Å². The number of fused-ring (bicyclic) bond motifs is 3. The monoisotopic (exact) mass is 398 g/mol. The molecule has 0 N–H and O–H groups in total. The number of benzene rings is 2. The lowest BCUT2D eigenvalue weighted by molar-refractivity contribution is 0.627. The fraction of sp³-hybridized carbons (Fsp3) is 0. The summed E-state index contributed by atoms with van der Waals surface area (Å²) in [4.78, 5) is 0. The van der Waals surface area contributed by atoms with Gasteiger partial charge in [0.2, 0.25) is 0 Å². The average molecular weight is 398 g/mol. The molecule has 6 rings (SSSR count). The first-order chi connectivity index (χ1) is 15.3. The number of hydrogen-bond donors (Lipinski definition) is 0. The molecule has 0 saturated heterocycles. The molecule has 2 aromatic rings. The van der Waals surface area contributed by atoms with E-state index in [0.717, 1.165) is 11.1 Å². The van der Waals surface area contributed by atoms with E-state index in [-0.39, 0.29) is 5.82 Å². The Morgan fingerprint density at radius 2 is 1.26 bits per heavy atom. The van der Waals surface area contributed by atoms with Crippen LogP contribution in [0.2, 0.25) is 0 Å². The van der Waals surface area contributed by atoms with Gasteiger partial charge in [-0.3, -0.25) is 0 Å². The minimum absolute atomic E-state index is 0.216. The molecule has 0 unspecified atom stereocenters. The van der Waals surface area contributed by atoms with Crippen molar-refractivity contribution in [3.05, 3.63) is 166 Å². The molecule has 0 radical (unpaired) electrons. The van der Waals surface area contributed by atoms with E-state index in [1.807, 2.05) is 12.1 Å². The maximum atomic E-state index is 13.6. The predicted octanol–water partition coefficient (Wildman–Crippen LogP) is 7.29. The summed E-state index contributed by atoms with van der Waals surface area (Å²) in [7, 11) is 0. The largest absolute Gasteiger partial charge is 0.207 e. The first-order valence-electron chi connectivity index (χ1n) is 10.5. The van der Waals surface area contributed by atoms with Gasteiger partial charge in [-0.05, 0) is 35.9 Å². The molecular formula is C30H19F+2. The molecule has 0 heterocycles. The second-order valence-electron chi connectivity index (χ2n) is 7.91. The quantitative estimate of drug-likeness (QED) is 0.442. The molecule has 31 heavy (non-hydrogen) atoms. The lowest BCUT2D eigenvalue weighted by Gasteiger charge is -2.17. The Bertz CT molecular complexity index is 1270. The Kier molecular flexibility index (Phi) is 4.07. The topological polar surface area (TPSA) is 0 Å². The zero-order valence-electron chi connectivity index (χ0n) is 16.8. The van der Waals surface area contributed by atoms with E-state index < -0.39 is 0 Å². The molecule has 1 heteroatoms. The number of rotatable bonds is 1. The summed E-state index contributed by atoms with van der Waals surface area (Å²) in [6.07, 6.45) is 23.8. The minimum atomic E-state index is -0.216. The van der Waals surface area contributed by atoms with Crippen molar-refractivity contribution in [2.45, 2.75) is 0 Å². The SMILES string of the molecule is Fc1ccc(C2=CC(=C3[C+]4C=CC=CC4=CC=C4C=CC=C[C+]43)c3ccccc32)cc1. The summed E-state index contributed by atoms with van der Waals surface area (Å²) in [5.74, 6) is 2.24. The highest BCUT2D eigenvalue weighted by molar-refractivity contribution is 6.04. The van der Waals surface area contributed by atoms with Gasteiger partial charge in [-0.1, -0.05) is 36.4 Å². The van der Waals surface area contributed by atoms with Gasteiger partial charge in [0.05, 0.1) is 29.2 Å². The number of halogens is 1. The van der Waals surface area contributed by atoms with Gasteiger partial charge in [0.1, 0.15) is 17.3 Å². The van der Waals surface area contributed by atoms with Gasteiger partial charge >= 0.3 is 0 Å². The highest BCUT2D eigenvalue weighted by Crippen LogP contribution is 2.50. The van der Waals surface area contributed by atoms with Crippen LogP contribution in [-0.2, 0) is 0 Å². The molecule has 0 spiro atoms. The maximum Gasteiger partial charge on any atom is 0.162 e.